The maximum Gasteiger partial charge on any atom is 0.215 e. The van der Waals surface area contributed by atoms with Gasteiger partial charge in [0.25, 0.3) is 0 Å². The Bertz CT molecular complexity index is 767. The zero-order chi connectivity index (χ0) is 16.9. The van der Waals surface area contributed by atoms with Gasteiger partial charge >= 0.3 is 0 Å². The molecule has 0 amide bonds. The molecule has 23 heavy (non-hydrogen) atoms. The van der Waals surface area contributed by atoms with Crippen LogP contribution in [-0.4, -0.2) is 22.1 Å². The SMILES string of the molecule is CO[C@@H](CNS(=O)(=O)Cc1cccc(Cl)c1)c1cccc(F)c1. The van der Waals surface area contributed by atoms with Crippen molar-refractivity contribution in [2.45, 2.75) is 11.9 Å². The highest BCUT2D eigenvalue weighted by Gasteiger charge is 2.17. The summed E-state index contributed by atoms with van der Waals surface area (Å²) in [5.41, 5.74) is 1.16. The average Bonchev–Trinajstić information content (AvgIpc) is 2.47. The lowest BCUT2D eigenvalue weighted by Gasteiger charge is -2.17. The van der Waals surface area contributed by atoms with Crippen molar-refractivity contribution in [3.8, 4) is 0 Å². The molecular formula is C16H17ClFNO3S. The molecule has 2 aromatic rings. The molecule has 0 aliphatic carbocycles. The first-order valence-corrected chi connectivity index (χ1v) is 8.93. The normalized spacial score (nSPS) is 13.0. The van der Waals surface area contributed by atoms with Gasteiger partial charge in [-0.25, -0.2) is 17.5 Å². The van der Waals surface area contributed by atoms with Gasteiger partial charge in [0.2, 0.25) is 10.0 Å². The van der Waals surface area contributed by atoms with Crippen LogP contribution in [0.5, 0.6) is 0 Å². The fourth-order valence-corrected chi connectivity index (χ4v) is 3.48. The van der Waals surface area contributed by atoms with Crippen LogP contribution < -0.4 is 4.72 Å². The molecule has 0 saturated heterocycles. The standard InChI is InChI=1S/C16H17ClFNO3S/c1-22-16(13-5-3-7-15(18)9-13)10-19-23(20,21)11-12-4-2-6-14(17)8-12/h2-9,16,19H,10-11H2,1H3/t16-/m0/s1. The molecule has 1 atom stereocenters. The summed E-state index contributed by atoms with van der Waals surface area (Å²) in [7, 11) is -2.11. The number of benzene rings is 2. The molecule has 0 radical (unpaired) electrons. The van der Waals surface area contributed by atoms with Gasteiger partial charge in [-0.2, -0.15) is 0 Å². The maximum atomic E-state index is 13.3. The van der Waals surface area contributed by atoms with Crippen molar-refractivity contribution in [3.05, 3.63) is 70.5 Å². The monoisotopic (exact) mass is 357 g/mol. The molecule has 2 aromatic carbocycles. The summed E-state index contributed by atoms with van der Waals surface area (Å²) in [5, 5.41) is 0.479. The minimum Gasteiger partial charge on any atom is -0.375 e. The third-order valence-corrected chi connectivity index (χ3v) is 4.79. The Morgan fingerprint density at radius 2 is 1.96 bits per heavy atom. The zero-order valence-corrected chi connectivity index (χ0v) is 14.1. The molecule has 0 bridgehead atoms. The van der Waals surface area contributed by atoms with Crippen LogP contribution in [0, 0.1) is 5.82 Å². The second kappa shape index (κ2) is 7.88. The third kappa shape index (κ3) is 5.58. The lowest BCUT2D eigenvalue weighted by atomic mass is 10.1. The van der Waals surface area contributed by atoms with Crippen LogP contribution in [0.4, 0.5) is 4.39 Å². The van der Waals surface area contributed by atoms with E-state index < -0.39 is 21.9 Å². The van der Waals surface area contributed by atoms with Crippen LogP contribution in [0.25, 0.3) is 0 Å². The summed E-state index contributed by atoms with van der Waals surface area (Å²) >= 11 is 5.85. The molecule has 124 valence electrons. The van der Waals surface area contributed by atoms with Gasteiger partial charge in [0, 0.05) is 18.7 Å². The topological polar surface area (TPSA) is 55.4 Å². The quantitative estimate of drug-likeness (QED) is 0.827. The van der Waals surface area contributed by atoms with E-state index in [9.17, 15) is 12.8 Å². The summed E-state index contributed by atoms with van der Waals surface area (Å²) in [6, 6.07) is 12.5. The number of nitrogens with one attached hydrogen (secondary N) is 1. The highest BCUT2D eigenvalue weighted by Crippen LogP contribution is 2.18. The van der Waals surface area contributed by atoms with E-state index in [0.29, 0.717) is 16.1 Å². The van der Waals surface area contributed by atoms with E-state index in [0.717, 1.165) is 0 Å². The first-order chi connectivity index (χ1) is 10.9. The molecule has 0 unspecified atom stereocenters. The number of hydrogen-bond donors (Lipinski definition) is 1. The van der Waals surface area contributed by atoms with Crippen LogP contribution >= 0.6 is 11.6 Å². The van der Waals surface area contributed by atoms with Gasteiger partial charge in [0.1, 0.15) is 5.82 Å². The molecule has 0 aliphatic heterocycles. The number of hydrogen-bond acceptors (Lipinski definition) is 3. The molecule has 0 fully saturated rings. The first-order valence-electron chi connectivity index (χ1n) is 6.89. The largest absolute Gasteiger partial charge is 0.375 e. The highest BCUT2D eigenvalue weighted by atomic mass is 35.5. The van der Waals surface area contributed by atoms with Crippen molar-refractivity contribution in [1.82, 2.24) is 4.72 Å². The van der Waals surface area contributed by atoms with Gasteiger partial charge in [-0.15, -0.1) is 0 Å². The molecule has 0 saturated carbocycles. The Kier molecular flexibility index (Phi) is 6.12. The molecule has 4 nitrogen and oxygen atoms in total. The third-order valence-electron chi connectivity index (χ3n) is 3.24. The lowest BCUT2D eigenvalue weighted by Crippen LogP contribution is -2.30. The van der Waals surface area contributed by atoms with Crippen molar-refractivity contribution < 1.29 is 17.5 Å². The average molecular weight is 358 g/mol. The zero-order valence-electron chi connectivity index (χ0n) is 12.5. The van der Waals surface area contributed by atoms with Gasteiger partial charge in [-0.05, 0) is 35.4 Å². The Morgan fingerprint density at radius 1 is 1.22 bits per heavy atom. The lowest BCUT2D eigenvalue weighted by molar-refractivity contribution is 0.107. The van der Waals surface area contributed by atoms with Gasteiger partial charge in [-0.3, -0.25) is 0 Å². The number of sulfonamides is 1. The predicted octanol–water partition coefficient (Wildman–Crippen LogP) is 3.29. The maximum absolute atomic E-state index is 13.3. The summed E-state index contributed by atoms with van der Waals surface area (Å²) in [6.45, 7) is 0.0167. The summed E-state index contributed by atoms with van der Waals surface area (Å²) in [4.78, 5) is 0. The fraction of sp³-hybridized carbons (Fsp3) is 0.250. The Balaban J connectivity index is 2.02. The van der Waals surface area contributed by atoms with Crippen LogP contribution in [0.1, 0.15) is 17.2 Å². The molecule has 0 aliphatic rings. The number of rotatable bonds is 7. The van der Waals surface area contributed by atoms with Gasteiger partial charge in [0.15, 0.2) is 0 Å². The van der Waals surface area contributed by atoms with E-state index >= 15 is 0 Å². The summed E-state index contributed by atoms with van der Waals surface area (Å²) in [6.07, 6.45) is -0.570. The molecule has 0 heterocycles. The van der Waals surface area contributed by atoms with Crippen molar-refractivity contribution in [2.75, 3.05) is 13.7 Å². The fourth-order valence-electron chi connectivity index (χ4n) is 2.14. The second-order valence-electron chi connectivity index (χ2n) is 5.02. The predicted molar refractivity (Wildman–Crippen MR) is 88.2 cm³/mol. The number of methoxy groups -OCH3 is 1. The minimum absolute atomic E-state index is 0.0167. The molecule has 0 aromatic heterocycles. The van der Waals surface area contributed by atoms with Crippen molar-refractivity contribution in [1.29, 1.82) is 0 Å². The van der Waals surface area contributed by atoms with Crippen LogP contribution in [-0.2, 0) is 20.5 Å². The molecule has 7 heteroatoms. The minimum atomic E-state index is -3.56. The van der Waals surface area contributed by atoms with Crippen LogP contribution in [0.2, 0.25) is 5.02 Å². The van der Waals surface area contributed by atoms with Gasteiger partial charge < -0.3 is 4.74 Å². The number of halogens is 2. The van der Waals surface area contributed by atoms with Crippen LogP contribution in [0.3, 0.4) is 0 Å². The molecule has 0 spiro atoms. The van der Waals surface area contributed by atoms with E-state index in [1.807, 2.05) is 0 Å². The van der Waals surface area contributed by atoms with E-state index in [2.05, 4.69) is 4.72 Å². The van der Waals surface area contributed by atoms with E-state index in [-0.39, 0.29) is 12.3 Å². The van der Waals surface area contributed by atoms with Crippen LogP contribution in [0.15, 0.2) is 48.5 Å². The summed E-state index contributed by atoms with van der Waals surface area (Å²) in [5.74, 6) is -0.584. The molecule has 2 rings (SSSR count). The van der Waals surface area contributed by atoms with Crippen molar-refractivity contribution in [2.24, 2.45) is 0 Å². The van der Waals surface area contributed by atoms with Crippen molar-refractivity contribution >= 4 is 21.6 Å². The summed E-state index contributed by atoms with van der Waals surface area (Å²) < 4.78 is 45.3. The van der Waals surface area contributed by atoms with Gasteiger partial charge in [-0.1, -0.05) is 35.9 Å². The Morgan fingerprint density at radius 3 is 2.61 bits per heavy atom. The second-order valence-corrected chi connectivity index (χ2v) is 7.26. The smallest absolute Gasteiger partial charge is 0.215 e. The van der Waals surface area contributed by atoms with Gasteiger partial charge in [0.05, 0.1) is 11.9 Å². The highest BCUT2D eigenvalue weighted by molar-refractivity contribution is 7.88. The molecular weight excluding hydrogens is 341 g/mol. The molecule has 1 N–H and O–H groups in total. The van der Waals surface area contributed by atoms with Crippen molar-refractivity contribution in [3.63, 3.8) is 0 Å². The Labute approximate surface area is 140 Å². The van der Waals surface area contributed by atoms with E-state index in [4.69, 9.17) is 16.3 Å². The number of ether oxygens (including phenoxy) is 1. The first kappa shape index (κ1) is 17.9. The van der Waals surface area contributed by atoms with E-state index in [1.54, 1.807) is 36.4 Å². The van der Waals surface area contributed by atoms with E-state index in [1.165, 1.54) is 19.2 Å². The Hall–Kier alpha value is -1.47.